The number of ether oxygens (including phenoxy) is 1. The molecule has 5 fully saturated rings. The zero-order valence-electron chi connectivity index (χ0n) is 14.9. The number of epoxide rings is 1. The molecule has 5 aliphatic rings. The van der Waals surface area contributed by atoms with E-state index in [1.165, 1.54) is 0 Å². The van der Waals surface area contributed by atoms with Crippen molar-refractivity contribution in [3.63, 3.8) is 0 Å². The van der Waals surface area contributed by atoms with Crippen LogP contribution in [0.25, 0.3) is 0 Å². The average molecular weight is 330 g/mol. The zero-order chi connectivity index (χ0) is 17.4. The fourth-order valence-electron chi connectivity index (χ4n) is 8.10. The quantitative estimate of drug-likeness (QED) is 0.592. The van der Waals surface area contributed by atoms with Crippen molar-refractivity contribution >= 4 is 11.6 Å². The van der Waals surface area contributed by atoms with Crippen LogP contribution in [0.4, 0.5) is 0 Å². The van der Waals surface area contributed by atoms with Crippen LogP contribution in [0.15, 0.2) is 12.2 Å². The Labute approximate surface area is 142 Å². The van der Waals surface area contributed by atoms with Crippen LogP contribution in [0.3, 0.4) is 0 Å². The molecule has 4 aliphatic carbocycles. The van der Waals surface area contributed by atoms with E-state index in [1.807, 2.05) is 6.92 Å². The van der Waals surface area contributed by atoms with Gasteiger partial charge in [-0.05, 0) is 42.1 Å². The molecule has 2 spiro atoms. The van der Waals surface area contributed by atoms with Crippen molar-refractivity contribution < 1.29 is 19.4 Å². The Bertz CT molecular complexity index is 725. The maximum Gasteiger partial charge on any atom is 0.190 e. The number of ketones is 2. The lowest BCUT2D eigenvalue weighted by molar-refractivity contribution is -0.138. The van der Waals surface area contributed by atoms with Crippen molar-refractivity contribution in [1.82, 2.24) is 0 Å². The van der Waals surface area contributed by atoms with Crippen molar-refractivity contribution in [2.45, 2.75) is 64.8 Å². The van der Waals surface area contributed by atoms with Crippen molar-refractivity contribution in [3.8, 4) is 0 Å². The third kappa shape index (κ3) is 1.04. The average Bonchev–Trinajstić information content (AvgIpc) is 3.05. The molecule has 0 unspecified atom stereocenters. The maximum atomic E-state index is 13.3. The summed E-state index contributed by atoms with van der Waals surface area (Å²) in [6.45, 7) is 12.5. The molecule has 0 aromatic rings. The Kier molecular flexibility index (Phi) is 2.37. The second-order valence-corrected chi connectivity index (χ2v) is 9.58. The summed E-state index contributed by atoms with van der Waals surface area (Å²) >= 11 is 0. The second-order valence-electron chi connectivity index (χ2n) is 9.58. The molecule has 5 rings (SSSR count). The lowest BCUT2D eigenvalue weighted by Crippen LogP contribution is -2.49. The summed E-state index contributed by atoms with van der Waals surface area (Å²) in [5, 5.41) is 11.1. The Morgan fingerprint density at radius 2 is 1.96 bits per heavy atom. The van der Waals surface area contributed by atoms with Gasteiger partial charge in [-0.3, -0.25) is 9.59 Å². The van der Waals surface area contributed by atoms with E-state index in [9.17, 15) is 14.7 Å². The molecular weight excluding hydrogens is 304 g/mol. The molecule has 0 aromatic heterocycles. The van der Waals surface area contributed by atoms with Crippen molar-refractivity contribution in [1.29, 1.82) is 0 Å². The fraction of sp³-hybridized carbons (Fsp3) is 0.800. The van der Waals surface area contributed by atoms with E-state index >= 15 is 0 Å². The van der Waals surface area contributed by atoms with Gasteiger partial charge >= 0.3 is 0 Å². The summed E-state index contributed by atoms with van der Waals surface area (Å²) in [5.74, 6) is 0.605. The van der Waals surface area contributed by atoms with Gasteiger partial charge in [-0.1, -0.05) is 34.3 Å². The van der Waals surface area contributed by atoms with Crippen LogP contribution in [0.2, 0.25) is 0 Å². The number of hydrogen-bond acceptors (Lipinski definition) is 4. The van der Waals surface area contributed by atoms with Crippen LogP contribution in [0, 0.1) is 34.0 Å². The number of rotatable bonds is 1. The molecule has 4 saturated carbocycles. The summed E-state index contributed by atoms with van der Waals surface area (Å²) < 4.78 is 6.00. The zero-order valence-corrected chi connectivity index (χ0v) is 14.9. The minimum atomic E-state index is -1.04. The molecule has 1 saturated heterocycles. The van der Waals surface area contributed by atoms with Crippen LogP contribution in [0.1, 0.15) is 47.0 Å². The fourth-order valence-corrected chi connectivity index (χ4v) is 8.10. The molecule has 130 valence electrons. The standard InChI is InChI=1S/C20H26O4/c1-9(2)11-6-7-19-8-12-10(3)13(21)16-20(12,24-16)18(19,5)15(23)14(22)17(11,19)4/h9,11-12,15-16,23H,3,6-8H2,1-2,4-5H3/t11-,12-,15+,16-,17+,18+,19-,20+/m1/s1. The predicted molar refractivity (Wildman–Crippen MR) is 87.1 cm³/mol. The topological polar surface area (TPSA) is 66.9 Å². The van der Waals surface area contributed by atoms with Crippen LogP contribution < -0.4 is 0 Å². The molecule has 0 bridgehead atoms. The normalized spacial score (nSPS) is 60.5. The van der Waals surface area contributed by atoms with Crippen LogP contribution in [-0.2, 0) is 14.3 Å². The number of aliphatic hydroxyl groups excluding tert-OH is 1. The van der Waals surface area contributed by atoms with E-state index in [4.69, 9.17) is 4.74 Å². The van der Waals surface area contributed by atoms with Gasteiger partial charge in [-0.25, -0.2) is 0 Å². The van der Waals surface area contributed by atoms with Gasteiger partial charge in [0.15, 0.2) is 17.7 Å². The van der Waals surface area contributed by atoms with Gasteiger partial charge in [0, 0.05) is 16.7 Å². The second kappa shape index (κ2) is 3.73. The van der Waals surface area contributed by atoms with Gasteiger partial charge in [0.2, 0.25) is 0 Å². The van der Waals surface area contributed by atoms with Crippen molar-refractivity contribution in [2.24, 2.45) is 34.0 Å². The van der Waals surface area contributed by atoms with Gasteiger partial charge < -0.3 is 9.84 Å². The van der Waals surface area contributed by atoms with Crippen LogP contribution in [-0.4, -0.2) is 34.5 Å². The third-order valence-corrected chi connectivity index (χ3v) is 9.23. The molecule has 0 amide bonds. The number of aliphatic hydroxyl groups is 1. The molecule has 0 aromatic carbocycles. The highest BCUT2D eigenvalue weighted by molar-refractivity contribution is 6.07. The van der Waals surface area contributed by atoms with E-state index in [1.54, 1.807) is 0 Å². The molecule has 0 radical (unpaired) electrons. The van der Waals surface area contributed by atoms with Gasteiger partial charge in [0.05, 0.1) is 0 Å². The minimum absolute atomic E-state index is 0.0114. The number of Topliss-reactive ketones (excluding diaryl/α,β-unsaturated/α-hetero) is 2. The largest absolute Gasteiger partial charge is 0.385 e. The maximum absolute atomic E-state index is 13.3. The van der Waals surface area contributed by atoms with E-state index in [0.29, 0.717) is 11.5 Å². The van der Waals surface area contributed by atoms with Gasteiger partial charge in [0.1, 0.15) is 11.7 Å². The summed E-state index contributed by atoms with van der Waals surface area (Å²) in [4.78, 5) is 25.8. The Morgan fingerprint density at radius 1 is 1.29 bits per heavy atom. The van der Waals surface area contributed by atoms with Crippen molar-refractivity contribution in [3.05, 3.63) is 12.2 Å². The molecule has 1 N–H and O–H groups in total. The Morgan fingerprint density at radius 3 is 2.58 bits per heavy atom. The molecular formula is C20H26O4. The highest BCUT2D eigenvalue weighted by atomic mass is 16.6. The Hall–Kier alpha value is -1.00. The summed E-state index contributed by atoms with van der Waals surface area (Å²) in [6, 6.07) is 0. The van der Waals surface area contributed by atoms with Gasteiger partial charge in [-0.2, -0.15) is 0 Å². The number of hydrogen-bond donors (Lipinski definition) is 1. The highest BCUT2D eigenvalue weighted by Gasteiger charge is 2.94. The van der Waals surface area contributed by atoms with Crippen LogP contribution >= 0.6 is 0 Å². The van der Waals surface area contributed by atoms with Crippen molar-refractivity contribution in [2.75, 3.05) is 0 Å². The number of carbonyl (C=O) groups excluding carboxylic acids is 2. The molecule has 4 nitrogen and oxygen atoms in total. The third-order valence-electron chi connectivity index (χ3n) is 9.23. The first kappa shape index (κ1) is 15.3. The summed E-state index contributed by atoms with van der Waals surface area (Å²) in [6.07, 6.45) is 1.17. The molecule has 4 heteroatoms. The number of carbonyl (C=O) groups is 2. The molecule has 24 heavy (non-hydrogen) atoms. The van der Waals surface area contributed by atoms with E-state index in [0.717, 1.165) is 19.3 Å². The molecule has 8 atom stereocenters. The monoisotopic (exact) mass is 330 g/mol. The summed E-state index contributed by atoms with van der Waals surface area (Å²) in [5.41, 5.74) is -1.52. The van der Waals surface area contributed by atoms with Crippen LogP contribution in [0.5, 0.6) is 0 Å². The molecule has 1 aliphatic heterocycles. The minimum Gasteiger partial charge on any atom is -0.385 e. The van der Waals surface area contributed by atoms with E-state index in [2.05, 4.69) is 27.4 Å². The van der Waals surface area contributed by atoms with E-state index in [-0.39, 0.29) is 28.8 Å². The summed E-state index contributed by atoms with van der Waals surface area (Å²) in [7, 11) is 0. The van der Waals surface area contributed by atoms with E-state index < -0.39 is 28.6 Å². The lowest BCUT2D eigenvalue weighted by Gasteiger charge is -2.46. The SMILES string of the molecule is C=C1C(=O)[C@H]2O[C@@]23[C@@H]1C[C@]12CC[C@H](C(C)C)[C@@]1(C)C(=O)[C@H](O)[C@]32C. The molecule has 1 heterocycles. The highest BCUT2D eigenvalue weighted by Crippen LogP contribution is 2.86. The lowest BCUT2D eigenvalue weighted by atomic mass is 9.55. The van der Waals surface area contributed by atoms with Gasteiger partial charge in [0.25, 0.3) is 0 Å². The Balaban J connectivity index is 1.76. The first-order valence-electron chi connectivity index (χ1n) is 9.24. The smallest absolute Gasteiger partial charge is 0.190 e. The first-order valence-corrected chi connectivity index (χ1v) is 9.24. The predicted octanol–water partition coefficient (Wildman–Crippen LogP) is 2.29. The first-order chi connectivity index (χ1) is 11.1. The van der Waals surface area contributed by atoms with Gasteiger partial charge in [-0.15, -0.1) is 0 Å².